The van der Waals surface area contributed by atoms with E-state index in [0.717, 1.165) is 6.07 Å². The molecule has 0 unspecified atom stereocenters. The van der Waals surface area contributed by atoms with Crippen molar-refractivity contribution in [3.05, 3.63) is 65.3 Å². The summed E-state index contributed by atoms with van der Waals surface area (Å²) in [4.78, 5) is 12.2. The van der Waals surface area contributed by atoms with Gasteiger partial charge in [0.05, 0.1) is 54.1 Å². The molecule has 0 amide bonds. The summed E-state index contributed by atoms with van der Waals surface area (Å²) in [5.41, 5.74) is 2.06. The Kier molecular flexibility index (Phi) is 5.18. The van der Waals surface area contributed by atoms with Crippen molar-refractivity contribution in [2.45, 2.75) is 6.92 Å². The van der Waals surface area contributed by atoms with Gasteiger partial charge in [-0.15, -0.1) is 0 Å². The summed E-state index contributed by atoms with van der Waals surface area (Å²) < 4.78 is 25.6. The Hall–Kier alpha value is -3.66. The minimum Gasteiger partial charge on any atom is -0.501 e. The number of ether oxygens (including phenoxy) is 2. The van der Waals surface area contributed by atoms with E-state index in [1.807, 2.05) is 6.92 Å². The standard InChI is InChI=1S/C20H16FN3O3/c1-3-27-9-8-18-19-16(20(25)26-2)10-14(21)11-17(19)23-24(18)15-6-4-13(12-22)5-7-15/h4-11H,3H2,1-2H3. The summed E-state index contributed by atoms with van der Waals surface area (Å²) in [6.45, 7) is 2.31. The number of aromatic nitrogens is 2. The number of benzene rings is 2. The molecule has 0 fully saturated rings. The van der Waals surface area contributed by atoms with Crippen LogP contribution in [0.15, 0.2) is 42.7 Å². The van der Waals surface area contributed by atoms with Crippen LogP contribution >= 0.6 is 0 Å². The van der Waals surface area contributed by atoms with Gasteiger partial charge in [0.15, 0.2) is 0 Å². The van der Waals surface area contributed by atoms with Crippen molar-refractivity contribution in [1.82, 2.24) is 9.78 Å². The molecule has 2 aromatic carbocycles. The molecule has 0 N–H and O–H groups in total. The maximum Gasteiger partial charge on any atom is 0.338 e. The molecule has 3 rings (SSSR count). The predicted molar refractivity (Wildman–Crippen MR) is 97.7 cm³/mol. The zero-order chi connectivity index (χ0) is 19.4. The van der Waals surface area contributed by atoms with Gasteiger partial charge in [0, 0.05) is 11.5 Å². The van der Waals surface area contributed by atoms with Crippen LogP contribution in [-0.2, 0) is 9.47 Å². The van der Waals surface area contributed by atoms with Gasteiger partial charge >= 0.3 is 5.97 Å². The van der Waals surface area contributed by atoms with E-state index >= 15 is 0 Å². The van der Waals surface area contributed by atoms with Gasteiger partial charge in [-0.25, -0.2) is 13.9 Å². The van der Waals surface area contributed by atoms with Crippen LogP contribution in [0.25, 0.3) is 22.7 Å². The number of nitriles is 1. The molecule has 0 aliphatic heterocycles. The Morgan fingerprint density at radius 1 is 1.33 bits per heavy atom. The predicted octanol–water partition coefficient (Wildman–Crippen LogP) is 3.83. The van der Waals surface area contributed by atoms with E-state index in [9.17, 15) is 9.18 Å². The van der Waals surface area contributed by atoms with Gasteiger partial charge in [0.2, 0.25) is 0 Å². The molecule has 7 heteroatoms. The maximum atomic E-state index is 14.0. The van der Waals surface area contributed by atoms with Gasteiger partial charge in [0.25, 0.3) is 0 Å². The summed E-state index contributed by atoms with van der Waals surface area (Å²) in [6.07, 6.45) is 3.14. The molecular weight excluding hydrogens is 349 g/mol. The molecule has 136 valence electrons. The number of hydrogen-bond donors (Lipinski definition) is 0. The van der Waals surface area contributed by atoms with Crippen molar-refractivity contribution < 1.29 is 18.7 Å². The summed E-state index contributed by atoms with van der Waals surface area (Å²) in [5.74, 6) is -1.25. The first-order valence-corrected chi connectivity index (χ1v) is 8.18. The van der Waals surface area contributed by atoms with Gasteiger partial charge in [0.1, 0.15) is 5.82 Å². The van der Waals surface area contributed by atoms with Crippen LogP contribution in [0.4, 0.5) is 4.39 Å². The fraction of sp³-hybridized carbons (Fsp3) is 0.150. The number of carbonyl (C=O) groups is 1. The highest BCUT2D eigenvalue weighted by Gasteiger charge is 2.20. The van der Waals surface area contributed by atoms with Gasteiger partial charge in [-0.05, 0) is 43.3 Å². The van der Waals surface area contributed by atoms with E-state index in [1.165, 1.54) is 19.4 Å². The Balaban J connectivity index is 2.30. The normalized spacial score (nSPS) is 10.9. The zero-order valence-electron chi connectivity index (χ0n) is 14.8. The zero-order valence-corrected chi connectivity index (χ0v) is 14.8. The van der Waals surface area contributed by atoms with Crippen molar-refractivity contribution in [3.8, 4) is 11.8 Å². The lowest BCUT2D eigenvalue weighted by atomic mass is 10.1. The second-order valence-electron chi connectivity index (χ2n) is 5.55. The molecule has 0 radical (unpaired) electrons. The number of hydrogen-bond acceptors (Lipinski definition) is 5. The molecule has 0 atom stereocenters. The second-order valence-corrected chi connectivity index (χ2v) is 5.55. The molecule has 1 aromatic heterocycles. The fourth-order valence-electron chi connectivity index (χ4n) is 2.72. The molecular formula is C20H16FN3O3. The van der Waals surface area contributed by atoms with Crippen LogP contribution in [0, 0.1) is 17.1 Å². The molecule has 6 nitrogen and oxygen atoms in total. The number of carbonyl (C=O) groups excluding carboxylic acids is 1. The summed E-state index contributed by atoms with van der Waals surface area (Å²) >= 11 is 0. The van der Waals surface area contributed by atoms with Crippen LogP contribution in [0.2, 0.25) is 0 Å². The Morgan fingerprint density at radius 2 is 2.07 bits per heavy atom. The van der Waals surface area contributed by atoms with Gasteiger partial charge in [-0.1, -0.05) is 0 Å². The number of halogens is 1. The topological polar surface area (TPSA) is 77.1 Å². The Morgan fingerprint density at radius 3 is 2.70 bits per heavy atom. The minimum atomic E-state index is -0.662. The number of nitrogens with zero attached hydrogens (tertiary/aromatic N) is 3. The van der Waals surface area contributed by atoms with Crippen LogP contribution in [0.3, 0.4) is 0 Å². The Bertz CT molecular complexity index is 1060. The fourth-order valence-corrected chi connectivity index (χ4v) is 2.72. The highest BCUT2D eigenvalue weighted by Crippen LogP contribution is 2.28. The van der Waals surface area contributed by atoms with E-state index in [4.69, 9.17) is 14.7 Å². The van der Waals surface area contributed by atoms with E-state index in [2.05, 4.69) is 11.2 Å². The lowest BCUT2D eigenvalue weighted by Crippen LogP contribution is -2.03. The highest BCUT2D eigenvalue weighted by molar-refractivity contribution is 6.06. The quantitative estimate of drug-likeness (QED) is 0.507. The van der Waals surface area contributed by atoms with E-state index in [-0.39, 0.29) is 5.56 Å². The molecule has 27 heavy (non-hydrogen) atoms. The molecule has 0 aliphatic carbocycles. The first-order valence-electron chi connectivity index (χ1n) is 8.18. The van der Waals surface area contributed by atoms with Crippen LogP contribution in [0.1, 0.15) is 28.5 Å². The average molecular weight is 365 g/mol. The molecule has 1 heterocycles. The second kappa shape index (κ2) is 7.70. The lowest BCUT2D eigenvalue weighted by Gasteiger charge is -2.06. The van der Waals surface area contributed by atoms with Crippen molar-refractivity contribution in [3.63, 3.8) is 0 Å². The number of esters is 1. The number of rotatable bonds is 5. The van der Waals surface area contributed by atoms with E-state index < -0.39 is 11.8 Å². The van der Waals surface area contributed by atoms with Gasteiger partial charge < -0.3 is 9.47 Å². The molecule has 0 bridgehead atoms. The number of fused-ring (bicyclic) bond motifs is 1. The minimum absolute atomic E-state index is 0.0727. The third kappa shape index (κ3) is 3.51. The third-order valence-electron chi connectivity index (χ3n) is 3.91. The van der Waals surface area contributed by atoms with Crippen LogP contribution in [0.5, 0.6) is 0 Å². The van der Waals surface area contributed by atoms with E-state index in [1.54, 1.807) is 35.0 Å². The first kappa shape index (κ1) is 18.1. The smallest absolute Gasteiger partial charge is 0.338 e. The summed E-state index contributed by atoms with van der Waals surface area (Å²) in [6, 6.07) is 11.2. The van der Waals surface area contributed by atoms with Crippen molar-refractivity contribution in [2.75, 3.05) is 13.7 Å². The highest BCUT2D eigenvalue weighted by atomic mass is 19.1. The van der Waals surface area contributed by atoms with Crippen molar-refractivity contribution in [1.29, 1.82) is 5.26 Å². The van der Waals surface area contributed by atoms with Crippen molar-refractivity contribution in [2.24, 2.45) is 0 Å². The average Bonchev–Trinajstić information content (AvgIpc) is 3.05. The first-order chi connectivity index (χ1) is 13.1. The lowest BCUT2D eigenvalue weighted by molar-refractivity contribution is 0.0602. The SMILES string of the molecule is CCOC=Cc1c2c(C(=O)OC)cc(F)cc2nn1-c1ccc(C#N)cc1. The molecule has 0 spiro atoms. The van der Waals surface area contributed by atoms with E-state index in [0.29, 0.717) is 34.5 Å². The summed E-state index contributed by atoms with van der Waals surface area (Å²) in [5, 5.41) is 13.9. The van der Waals surface area contributed by atoms with Crippen LogP contribution in [-0.4, -0.2) is 29.5 Å². The largest absolute Gasteiger partial charge is 0.501 e. The summed E-state index contributed by atoms with van der Waals surface area (Å²) in [7, 11) is 1.24. The molecule has 0 saturated heterocycles. The van der Waals surface area contributed by atoms with Crippen molar-refractivity contribution >= 4 is 22.9 Å². The van der Waals surface area contributed by atoms with Gasteiger partial charge in [-0.3, -0.25) is 0 Å². The molecule has 0 saturated carbocycles. The monoisotopic (exact) mass is 365 g/mol. The number of methoxy groups -OCH3 is 1. The van der Waals surface area contributed by atoms with Crippen LogP contribution < -0.4 is 0 Å². The van der Waals surface area contributed by atoms with Gasteiger partial charge in [-0.2, -0.15) is 10.4 Å². The Labute approximate surface area is 155 Å². The molecule has 0 aliphatic rings. The molecule has 3 aromatic rings. The third-order valence-corrected chi connectivity index (χ3v) is 3.91. The maximum absolute atomic E-state index is 14.0.